The van der Waals surface area contributed by atoms with Gasteiger partial charge in [-0.2, -0.15) is 0 Å². The molecule has 0 fully saturated rings. The molecule has 1 heterocycles. The zero-order valence-corrected chi connectivity index (χ0v) is 21.4. The molecule has 1 aromatic heterocycles. The zero-order chi connectivity index (χ0) is 23.7. The van der Waals surface area contributed by atoms with Gasteiger partial charge < -0.3 is 24.0 Å². The SMILES string of the molecule is COc1ccc2c(c1)c(CCN(C)C)cn2COP(=O)(OCCN(C)C)OCCN(C)C. The van der Waals surface area contributed by atoms with Gasteiger partial charge in [0.2, 0.25) is 0 Å². The van der Waals surface area contributed by atoms with Gasteiger partial charge in [-0.15, -0.1) is 0 Å². The second kappa shape index (κ2) is 12.7. The van der Waals surface area contributed by atoms with E-state index in [1.165, 1.54) is 5.56 Å². The molecule has 2 rings (SSSR count). The lowest BCUT2D eigenvalue weighted by Crippen LogP contribution is -2.20. The number of likely N-dealkylation sites (N-methyl/N-ethyl adjacent to an activating group) is 3. The van der Waals surface area contributed by atoms with E-state index in [9.17, 15) is 4.57 Å². The normalized spacial score (nSPS) is 12.6. The van der Waals surface area contributed by atoms with Crippen LogP contribution in [-0.2, 0) is 31.3 Å². The van der Waals surface area contributed by atoms with Crippen molar-refractivity contribution in [3.05, 3.63) is 30.0 Å². The van der Waals surface area contributed by atoms with Crippen molar-refractivity contribution >= 4 is 18.7 Å². The van der Waals surface area contributed by atoms with Crippen molar-refractivity contribution in [2.75, 3.05) is 82.2 Å². The highest BCUT2D eigenvalue weighted by Crippen LogP contribution is 2.49. The summed E-state index contributed by atoms with van der Waals surface area (Å²) in [5.41, 5.74) is 2.15. The number of nitrogens with zero attached hydrogens (tertiary/aromatic N) is 4. The number of phosphoric ester groups is 1. The zero-order valence-electron chi connectivity index (χ0n) is 20.5. The van der Waals surface area contributed by atoms with Gasteiger partial charge in [-0.3, -0.25) is 13.6 Å². The highest BCUT2D eigenvalue weighted by molar-refractivity contribution is 7.48. The first kappa shape index (κ1) is 26.8. The van der Waals surface area contributed by atoms with Crippen LogP contribution in [0, 0.1) is 0 Å². The Bertz CT molecular complexity index is 867. The number of rotatable bonds is 15. The quantitative estimate of drug-likeness (QED) is 0.368. The Hall–Kier alpha value is -1.45. The topological polar surface area (TPSA) is 68.6 Å². The summed E-state index contributed by atoms with van der Waals surface area (Å²) in [6, 6.07) is 5.92. The van der Waals surface area contributed by atoms with Crippen molar-refractivity contribution in [1.82, 2.24) is 19.3 Å². The van der Waals surface area contributed by atoms with Gasteiger partial charge in [0, 0.05) is 31.2 Å². The first-order valence-electron chi connectivity index (χ1n) is 10.8. The number of phosphoric acid groups is 1. The van der Waals surface area contributed by atoms with Crippen LogP contribution < -0.4 is 4.74 Å². The van der Waals surface area contributed by atoms with E-state index in [1.807, 2.05) is 67.0 Å². The van der Waals surface area contributed by atoms with Crippen molar-refractivity contribution in [1.29, 1.82) is 0 Å². The number of hydrogen-bond donors (Lipinski definition) is 0. The van der Waals surface area contributed by atoms with Crippen molar-refractivity contribution < 1.29 is 22.9 Å². The molecule has 0 aliphatic heterocycles. The predicted octanol–water partition coefficient (Wildman–Crippen LogP) is 2.99. The Kier molecular flexibility index (Phi) is 10.6. The summed E-state index contributed by atoms with van der Waals surface area (Å²) in [4.78, 5) is 6.05. The van der Waals surface area contributed by atoms with E-state index in [0.717, 1.165) is 29.6 Å². The third-order valence-corrected chi connectivity index (χ3v) is 6.36. The van der Waals surface area contributed by atoms with Gasteiger partial charge in [0.15, 0.2) is 0 Å². The van der Waals surface area contributed by atoms with Crippen LogP contribution in [0.15, 0.2) is 24.4 Å². The van der Waals surface area contributed by atoms with Gasteiger partial charge in [-0.05, 0) is 72.5 Å². The maximum Gasteiger partial charge on any atom is 0.476 e. The smallest absolute Gasteiger partial charge is 0.476 e. The molecule has 10 heteroatoms. The first-order chi connectivity index (χ1) is 15.1. The minimum atomic E-state index is -3.72. The molecule has 32 heavy (non-hydrogen) atoms. The van der Waals surface area contributed by atoms with Crippen LogP contribution in [0.3, 0.4) is 0 Å². The summed E-state index contributed by atoms with van der Waals surface area (Å²) in [7, 11) is 9.75. The minimum Gasteiger partial charge on any atom is -0.497 e. The van der Waals surface area contributed by atoms with E-state index in [1.54, 1.807) is 7.11 Å². The third-order valence-electron chi connectivity index (χ3n) is 4.93. The van der Waals surface area contributed by atoms with Crippen LogP contribution in [0.5, 0.6) is 5.75 Å². The van der Waals surface area contributed by atoms with Crippen LogP contribution in [-0.4, -0.2) is 102 Å². The molecule has 0 bridgehead atoms. The van der Waals surface area contributed by atoms with E-state index in [4.69, 9.17) is 18.3 Å². The summed E-state index contributed by atoms with van der Waals surface area (Å²) in [5.74, 6) is 0.798. The number of hydrogen-bond acceptors (Lipinski definition) is 8. The predicted molar refractivity (Wildman–Crippen MR) is 128 cm³/mol. The van der Waals surface area contributed by atoms with Crippen LogP contribution in [0.1, 0.15) is 5.56 Å². The lowest BCUT2D eigenvalue weighted by Gasteiger charge is -2.20. The van der Waals surface area contributed by atoms with Crippen LogP contribution in [0.25, 0.3) is 10.9 Å². The van der Waals surface area contributed by atoms with Gasteiger partial charge in [0.25, 0.3) is 0 Å². The van der Waals surface area contributed by atoms with E-state index in [-0.39, 0.29) is 19.9 Å². The second-order valence-corrected chi connectivity index (χ2v) is 10.2. The lowest BCUT2D eigenvalue weighted by atomic mass is 10.1. The van der Waals surface area contributed by atoms with Crippen molar-refractivity contribution in [2.24, 2.45) is 0 Å². The Morgan fingerprint density at radius 1 is 0.875 bits per heavy atom. The molecule has 2 aromatic rings. The first-order valence-corrected chi connectivity index (χ1v) is 12.2. The highest BCUT2D eigenvalue weighted by Gasteiger charge is 2.27. The number of fused-ring (bicyclic) bond motifs is 1. The lowest BCUT2D eigenvalue weighted by molar-refractivity contribution is 0.0827. The number of benzene rings is 1. The molecule has 0 radical (unpaired) electrons. The van der Waals surface area contributed by atoms with E-state index in [0.29, 0.717) is 13.1 Å². The monoisotopic (exact) mass is 470 g/mol. The van der Waals surface area contributed by atoms with E-state index in [2.05, 4.69) is 19.0 Å². The second-order valence-electron chi connectivity index (χ2n) is 8.54. The Labute approximate surface area is 192 Å². The number of ether oxygens (including phenoxy) is 1. The molecule has 9 nitrogen and oxygen atoms in total. The van der Waals surface area contributed by atoms with Crippen molar-refractivity contribution in [3.8, 4) is 5.75 Å². The van der Waals surface area contributed by atoms with Gasteiger partial charge in [-0.25, -0.2) is 4.57 Å². The Morgan fingerprint density at radius 2 is 1.47 bits per heavy atom. The van der Waals surface area contributed by atoms with Gasteiger partial charge in [0.05, 0.1) is 25.8 Å². The molecule has 1 aromatic carbocycles. The summed E-state index contributed by atoms with van der Waals surface area (Å²) >= 11 is 0. The van der Waals surface area contributed by atoms with Gasteiger partial charge >= 0.3 is 7.82 Å². The molecule has 0 amide bonds. The minimum absolute atomic E-state index is 0.0615. The highest BCUT2D eigenvalue weighted by atomic mass is 31.2. The van der Waals surface area contributed by atoms with E-state index >= 15 is 0 Å². The summed E-state index contributed by atoms with van der Waals surface area (Å²) in [5, 5.41) is 1.09. The molecule has 0 N–H and O–H groups in total. The van der Waals surface area contributed by atoms with Crippen LogP contribution in [0.2, 0.25) is 0 Å². The molecule has 0 saturated heterocycles. The molecule has 0 saturated carbocycles. The average molecular weight is 471 g/mol. The molecule has 0 aliphatic rings. The standard InChI is InChI=1S/C22H39N4O5P/c1-23(2)11-10-19-17-26(22-9-8-20(28-7)16-21(19)22)18-31-32(27,29-14-12-24(3)4)30-15-13-25(5)6/h8-9,16-17H,10-15,18H2,1-7H3. The molecule has 0 unspecified atom stereocenters. The molecule has 0 spiro atoms. The molecular formula is C22H39N4O5P. The molecule has 182 valence electrons. The Balaban J connectivity index is 2.20. The van der Waals surface area contributed by atoms with Crippen LogP contribution >= 0.6 is 7.82 Å². The fraction of sp³-hybridized carbons (Fsp3) is 0.636. The van der Waals surface area contributed by atoms with Gasteiger partial charge in [-0.1, -0.05) is 0 Å². The fourth-order valence-electron chi connectivity index (χ4n) is 3.04. The maximum absolute atomic E-state index is 13.3. The average Bonchev–Trinajstić information content (AvgIpc) is 3.07. The molecule has 0 aliphatic carbocycles. The fourth-order valence-corrected chi connectivity index (χ4v) is 4.14. The Morgan fingerprint density at radius 3 is 2.00 bits per heavy atom. The summed E-state index contributed by atoms with van der Waals surface area (Å²) in [6.07, 6.45) is 2.91. The van der Waals surface area contributed by atoms with Crippen molar-refractivity contribution in [3.63, 3.8) is 0 Å². The molecular weight excluding hydrogens is 431 g/mol. The summed E-state index contributed by atoms with van der Waals surface area (Å²) in [6.45, 7) is 2.72. The van der Waals surface area contributed by atoms with Gasteiger partial charge in [0.1, 0.15) is 12.5 Å². The third kappa shape index (κ3) is 8.48. The maximum atomic E-state index is 13.3. The largest absolute Gasteiger partial charge is 0.497 e. The molecule has 0 atom stereocenters. The summed E-state index contributed by atoms with van der Waals surface area (Å²) < 4.78 is 37.6. The number of methoxy groups -OCH3 is 1. The van der Waals surface area contributed by atoms with Crippen LogP contribution in [0.4, 0.5) is 0 Å². The van der Waals surface area contributed by atoms with Crippen molar-refractivity contribution in [2.45, 2.75) is 13.2 Å². The number of aromatic nitrogens is 1. The van der Waals surface area contributed by atoms with E-state index < -0.39 is 7.82 Å².